The van der Waals surface area contributed by atoms with Gasteiger partial charge in [-0.05, 0) is 74.2 Å². The summed E-state index contributed by atoms with van der Waals surface area (Å²) in [5, 5.41) is 3.25. The van der Waals surface area contributed by atoms with Crippen LogP contribution in [0.4, 0.5) is 5.69 Å². The number of anilines is 1. The van der Waals surface area contributed by atoms with Gasteiger partial charge < -0.3 is 5.32 Å². The average molecular weight is 526 g/mol. The summed E-state index contributed by atoms with van der Waals surface area (Å²) in [6.45, 7) is 1.48. The number of nitrogens with zero attached hydrogens (tertiary/aromatic N) is 2. The maximum atomic E-state index is 13.0. The number of carbonyl (C=O) groups is 1. The standard InChI is InChI=1S/C23H28ClN3O5S2/c24-19-6-10-21(11-7-19)34(31,32)27-16-4-5-18(17-27)23(28)25-20-8-12-22(13-9-20)33(29,30)26-14-2-1-3-15-26/h6-13,18H,1-5,14-17H2,(H,25,28)/t18-/m1/s1. The molecule has 0 radical (unpaired) electrons. The number of benzene rings is 2. The second-order valence-electron chi connectivity index (χ2n) is 8.63. The molecule has 2 saturated heterocycles. The quantitative estimate of drug-likeness (QED) is 0.621. The number of halogens is 1. The summed E-state index contributed by atoms with van der Waals surface area (Å²) in [5.41, 5.74) is 0.472. The molecule has 0 unspecified atom stereocenters. The molecule has 34 heavy (non-hydrogen) atoms. The number of piperidine rings is 2. The highest BCUT2D eigenvalue weighted by Gasteiger charge is 2.33. The Morgan fingerprint density at radius 2 is 1.29 bits per heavy atom. The van der Waals surface area contributed by atoms with Gasteiger partial charge in [-0.2, -0.15) is 8.61 Å². The van der Waals surface area contributed by atoms with E-state index in [0.717, 1.165) is 19.3 Å². The zero-order valence-electron chi connectivity index (χ0n) is 18.7. The normalized spacial score (nSPS) is 20.7. The Morgan fingerprint density at radius 3 is 1.91 bits per heavy atom. The first-order chi connectivity index (χ1) is 16.2. The third-order valence-corrected chi connectivity index (χ3v) is 10.3. The highest BCUT2D eigenvalue weighted by molar-refractivity contribution is 7.89. The molecule has 2 heterocycles. The monoisotopic (exact) mass is 525 g/mol. The third-order valence-electron chi connectivity index (χ3n) is 6.28. The van der Waals surface area contributed by atoms with Gasteiger partial charge in [0, 0.05) is 36.9 Å². The second kappa shape index (κ2) is 10.3. The van der Waals surface area contributed by atoms with E-state index in [1.165, 1.54) is 45.0 Å². The molecule has 1 atom stereocenters. The van der Waals surface area contributed by atoms with Gasteiger partial charge in [-0.25, -0.2) is 16.8 Å². The van der Waals surface area contributed by atoms with Gasteiger partial charge in [0.1, 0.15) is 0 Å². The van der Waals surface area contributed by atoms with E-state index in [9.17, 15) is 21.6 Å². The number of amides is 1. The number of rotatable bonds is 6. The van der Waals surface area contributed by atoms with E-state index in [2.05, 4.69) is 5.32 Å². The molecular weight excluding hydrogens is 498 g/mol. The summed E-state index contributed by atoms with van der Waals surface area (Å²) in [6.07, 6.45) is 3.90. The first kappa shape index (κ1) is 25.1. The molecule has 8 nitrogen and oxygen atoms in total. The minimum Gasteiger partial charge on any atom is -0.326 e. The summed E-state index contributed by atoms with van der Waals surface area (Å²) in [7, 11) is -7.27. The number of carbonyl (C=O) groups excluding carboxylic acids is 1. The van der Waals surface area contributed by atoms with Crippen molar-refractivity contribution in [2.24, 2.45) is 5.92 Å². The molecule has 2 aliphatic heterocycles. The number of hydrogen-bond donors (Lipinski definition) is 1. The lowest BCUT2D eigenvalue weighted by Gasteiger charge is -2.31. The van der Waals surface area contributed by atoms with Crippen molar-refractivity contribution in [3.05, 3.63) is 53.6 Å². The molecule has 0 bridgehead atoms. The van der Waals surface area contributed by atoms with E-state index in [0.29, 0.717) is 43.2 Å². The molecule has 184 valence electrons. The van der Waals surface area contributed by atoms with Crippen molar-refractivity contribution in [1.82, 2.24) is 8.61 Å². The van der Waals surface area contributed by atoms with Crippen molar-refractivity contribution >= 4 is 43.2 Å². The summed E-state index contributed by atoms with van der Waals surface area (Å²) >= 11 is 5.87. The van der Waals surface area contributed by atoms with Crippen LogP contribution in [0.25, 0.3) is 0 Å². The first-order valence-electron chi connectivity index (χ1n) is 11.3. The lowest BCUT2D eigenvalue weighted by atomic mass is 9.99. The van der Waals surface area contributed by atoms with Crippen LogP contribution in [0.3, 0.4) is 0 Å². The molecule has 4 rings (SSSR count). The smallest absolute Gasteiger partial charge is 0.243 e. The van der Waals surface area contributed by atoms with Crippen LogP contribution < -0.4 is 5.32 Å². The summed E-state index contributed by atoms with van der Waals surface area (Å²) in [5.74, 6) is -0.796. The SMILES string of the molecule is O=C(Nc1ccc(S(=O)(=O)N2CCCCC2)cc1)[C@@H]1CCCN(S(=O)(=O)c2ccc(Cl)cc2)C1. The van der Waals surface area contributed by atoms with E-state index < -0.39 is 26.0 Å². The summed E-state index contributed by atoms with van der Waals surface area (Å²) < 4.78 is 54.4. The molecule has 0 aromatic heterocycles. The van der Waals surface area contributed by atoms with Gasteiger partial charge in [0.25, 0.3) is 0 Å². The number of sulfonamides is 2. The maximum Gasteiger partial charge on any atom is 0.243 e. The van der Waals surface area contributed by atoms with Crippen LogP contribution in [-0.4, -0.2) is 57.5 Å². The summed E-state index contributed by atoms with van der Waals surface area (Å²) in [4.78, 5) is 13.2. The molecule has 1 N–H and O–H groups in total. The molecule has 0 aliphatic carbocycles. The minimum atomic E-state index is -3.73. The third kappa shape index (κ3) is 5.46. The van der Waals surface area contributed by atoms with Crippen molar-refractivity contribution < 1.29 is 21.6 Å². The molecule has 2 fully saturated rings. The van der Waals surface area contributed by atoms with Crippen molar-refractivity contribution in [2.75, 3.05) is 31.5 Å². The Morgan fingerprint density at radius 1 is 0.765 bits per heavy atom. The fourth-order valence-corrected chi connectivity index (χ4v) is 7.51. The molecule has 2 aromatic carbocycles. The Bertz CT molecular complexity index is 1230. The van der Waals surface area contributed by atoms with E-state index in [-0.39, 0.29) is 22.2 Å². The Hall–Kier alpha value is -1.98. The zero-order chi connectivity index (χ0) is 24.3. The average Bonchev–Trinajstić information content (AvgIpc) is 2.85. The fraction of sp³-hybridized carbons (Fsp3) is 0.435. The maximum absolute atomic E-state index is 13.0. The Balaban J connectivity index is 1.41. The van der Waals surface area contributed by atoms with Gasteiger partial charge >= 0.3 is 0 Å². The topological polar surface area (TPSA) is 104 Å². The van der Waals surface area contributed by atoms with Crippen LogP contribution >= 0.6 is 11.6 Å². The van der Waals surface area contributed by atoms with Crippen LogP contribution in [0.15, 0.2) is 58.3 Å². The van der Waals surface area contributed by atoms with Crippen molar-refractivity contribution in [1.29, 1.82) is 0 Å². The van der Waals surface area contributed by atoms with Gasteiger partial charge in [0.15, 0.2) is 0 Å². The fourth-order valence-electron chi connectivity index (χ4n) is 4.34. The first-order valence-corrected chi connectivity index (χ1v) is 14.6. The molecule has 1 amide bonds. The van der Waals surface area contributed by atoms with Gasteiger partial charge in [-0.3, -0.25) is 4.79 Å². The number of nitrogens with one attached hydrogen (secondary N) is 1. The van der Waals surface area contributed by atoms with E-state index >= 15 is 0 Å². The largest absolute Gasteiger partial charge is 0.326 e. The Labute approximate surface area is 206 Å². The van der Waals surface area contributed by atoms with Crippen molar-refractivity contribution in [3.63, 3.8) is 0 Å². The molecule has 11 heteroatoms. The van der Waals surface area contributed by atoms with Crippen LogP contribution in [0, 0.1) is 5.92 Å². The molecule has 0 spiro atoms. The second-order valence-corrected chi connectivity index (χ2v) is 12.9. The zero-order valence-corrected chi connectivity index (χ0v) is 21.1. The lowest BCUT2D eigenvalue weighted by molar-refractivity contribution is -0.120. The predicted octanol–water partition coefficient (Wildman–Crippen LogP) is 3.55. The van der Waals surface area contributed by atoms with E-state index in [1.54, 1.807) is 12.1 Å². The molecule has 2 aromatic rings. The van der Waals surface area contributed by atoms with Gasteiger partial charge in [0.2, 0.25) is 26.0 Å². The van der Waals surface area contributed by atoms with Crippen molar-refractivity contribution in [3.8, 4) is 0 Å². The molecule has 0 saturated carbocycles. The van der Waals surface area contributed by atoms with E-state index in [1.807, 2.05) is 0 Å². The minimum absolute atomic E-state index is 0.0816. The predicted molar refractivity (Wildman–Crippen MR) is 131 cm³/mol. The van der Waals surface area contributed by atoms with E-state index in [4.69, 9.17) is 11.6 Å². The van der Waals surface area contributed by atoms with Crippen molar-refractivity contribution in [2.45, 2.75) is 41.9 Å². The van der Waals surface area contributed by atoms with Crippen LogP contribution in [0.1, 0.15) is 32.1 Å². The Kier molecular flexibility index (Phi) is 7.63. The lowest BCUT2D eigenvalue weighted by Crippen LogP contribution is -2.43. The van der Waals surface area contributed by atoms with Gasteiger partial charge in [-0.1, -0.05) is 18.0 Å². The highest BCUT2D eigenvalue weighted by Crippen LogP contribution is 2.26. The molecular formula is C23H28ClN3O5S2. The van der Waals surface area contributed by atoms with Gasteiger partial charge in [-0.15, -0.1) is 0 Å². The van der Waals surface area contributed by atoms with Crippen LogP contribution in [0.2, 0.25) is 5.02 Å². The summed E-state index contributed by atoms with van der Waals surface area (Å²) in [6, 6.07) is 12.1. The van der Waals surface area contributed by atoms with Crippen LogP contribution in [-0.2, 0) is 24.8 Å². The van der Waals surface area contributed by atoms with Crippen LogP contribution in [0.5, 0.6) is 0 Å². The highest BCUT2D eigenvalue weighted by atomic mass is 35.5. The van der Waals surface area contributed by atoms with Gasteiger partial charge in [0.05, 0.1) is 15.7 Å². The molecule has 2 aliphatic rings. The number of hydrogen-bond acceptors (Lipinski definition) is 5.